The van der Waals surface area contributed by atoms with E-state index in [1.165, 1.54) is 76.7 Å². The van der Waals surface area contributed by atoms with E-state index in [2.05, 4.69) is 119 Å². The second-order valence-electron chi connectivity index (χ2n) is 9.52. The molecule has 0 radical (unpaired) electrons. The summed E-state index contributed by atoms with van der Waals surface area (Å²) in [5.41, 5.74) is 8.99. The lowest BCUT2D eigenvalue weighted by Crippen LogP contribution is -2.32. The maximum atomic E-state index is 3.85. The van der Waals surface area contributed by atoms with Crippen LogP contribution in [0.5, 0.6) is 0 Å². The Balaban J connectivity index is 1.70. The molecule has 2 aliphatic carbocycles. The Morgan fingerprint density at radius 2 is 1.62 bits per heavy atom. The number of fused-ring (bicyclic) bond motifs is 1. The van der Waals surface area contributed by atoms with Gasteiger partial charge in [-0.1, -0.05) is 58.7 Å². The van der Waals surface area contributed by atoms with Crippen molar-refractivity contribution < 1.29 is 4.58 Å². The van der Waals surface area contributed by atoms with Gasteiger partial charge in [-0.05, 0) is 67.7 Å². The van der Waals surface area contributed by atoms with Crippen LogP contribution in [-0.4, -0.2) is 27.4 Å². The molecular formula is C31H34BrN2+. The highest BCUT2D eigenvalue weighted by molar-refractivity contribution is 9.10. The number of allylic oxidation sites excluding steroid dienone is 5. The normalized spacial score (nSPS) is 16.5. The van der Waals surface area contributed by atoms with Crippen molar-refractivity contribution in [3.8, 4) is 0 Å². The molecule has 0 unspecified atom stereocenters. The molecule has 0 saturated heterocycles. The maximum Gasteiger partial charge on any atom is 0.200 e. The number of nitrogens with zero attached hydrogens (tertiary/aromatic N) is 2. The van der Waals surface area contributed by atoms with Gasteiger partial charge in [-0.25, -0.2) is 4.58 Å². The van der Waals surface area contributed by atoms with Gasteiger partial charge in [0.25, 0.3) is 0 Å². The van der Waals surface area contributed by atoms with Crippen molar-refractivity contribution in [1.29, 1.82) is 0 Å². The van der Waals surface area contributed by atoms with Crippen LogP contribution in [0.1, 0.15) is 55.8 Å². The molecule has 3 heteroatoms. The van der Waals surface area contributed by atoms with Gasteiger partial charge in [0, 0.05) is 58.7 Å². The fraction of sp³-hybridized carbons (Fsp3) is 0.323. The molecule has 0 amide bonds. The summed E-state index contributed by atoms with van der Waals surface area (Å²) in [6.45, 7) is 5.59. The van der Waals surface area contributed by atoms with E-state index in [4.69, 9.17) is 0 Å². The Labute approximate surface area is 212 Å². The minimum absolute atomic E-state index is 0.677. The first-order chi connectivity index (χ1) is 16.6. The lowest BCUT2D eigenvalue weighted by Gasteiger charge is -2.21. The molecule has 1 heterocycles. The quantitative estimate of drug-likeness (QED) is 0.312. The van der Waals surface area contributed by atoms with Gasteiger partial charge in [-0.15, -0.1) is 0 Å². The van der Waals surface area contributed by atoms with Gasteiger partial charge >= 0.3 is 0 Å². The number of halogens is 1. The summed E-state index contributed by atoms with van der Waals surface area (Å²) in [4.78, 5) is 0. The van der Waals surface area contributed by atoms with Gasteiger partial charge in [0.15, 0.2) is 11.8 Å². The number of benzene rings is 2. The number of aryl methyl sites for hydroxylation is 1. The summed E-state index contributed by atoms with van der Waals surface area (Å²) < 4.78 is 6.06. The number of rotatable bonds is 4. The minimum Gasteiger partial charge on any atom is -0.347 e. The van der Waals surface area contributed by atoms with Gasteiger partial charge in [-0.3, -0.25) is 0 Å². The molecule has 34 heavy (non-hydrogen) atoms. The molecule has 2 aromatic carbocycles. The second kappa shape index (κ2) is 9.92. The summed E-state index contributed by atoms with van der Waals surface area (Å²) in [7, 11) is 2.17. The molecule has 0 N–H and O–H groups in total. The van der Waals surface area contributed by atoms with Crippen molar-refractivity contribution in [2.75, 3.05) is 6.54 Å². The third-order valence-corrected chi connectivity index (χ3v) is 8.33. The van der Waals surface area contributed by atoms with Crippen LogP contribution in [0.25, 0.3) is 16.5 Å². The van der Waals surface area contributed by atoms with Crippen LogP contribution in [0.15, 0.2) is 82.9 Å². The van der Waals surface area contributed by atoms with Crippen LogP contribution in [0.2, 0.25) is 0 Å². The van der Waals surface area contributed by atoms with Crippen molar-refractivity contribution in [3.63, 3.8) is 0 Å². The smallest absolute Gasteiger partial charge is 0.200 e. The van der Waals surface area contributed by atoms with E-state index in [9.17, 15) is 0 Å². The zero-order valence-corrected chi connectivity index (χ0v) is 22.1. The second-order valence-corrected chi connectivity index (χ2v) is 10.4. The molecule has 2 aliphatic rings. The minimum atomic E-state index is 0.677. The first-order valence-electron chi connectivity index (χ1n) is 12.6. The summed E-state index contributed by atoms with van der Waals surface area (Å²) in [6, 6.07) is 18.0. The average molecular weight is 515 g/mol. The molecule has 1 saturated carbocycles. The van der Waals surface area contributed by atoms with Crippen LogP contribution in [0.3, 0.4) is 0 Å². The van der Waals surface area contributed by atoms with E-state index in [-0.39, 0.29) is 0 Å². The predicted molar refractivity (Wildman–Crippen MR) is 149 cm³/mol. The third-order valence-electron chi connectivity index (χ3n) is 7.64. The largest absolute Gasteiger partial charge is 0.347 e. The van der Waals surface area contributed by atoms with E-state index >= 15 is 0 Å². The highest BCUT2D eigenvalue weighted by Crippen LogP contribution is 2.40. The molecule has 0 aliphatic heterocycles. The molecule has 5 rings (SSSR count). The van der Waals surface area contributed by atoms with Crippen LogP contribution >= 0.6 is 15.9 Å². The molecule has 0 bridgehead atoms. The lowest BCUT2D eigenvalue weighted by molar-refractivity contribution is -0.565. The topological polar surface area (TPSA) is 7.94 Å². The van der Waals surface area contributed by atoms with E-state index in [1.54, 1.807) is 0 Å². The predicted octanol–water partition coefficient (Wildman–Crippen LogP) is 7.98. The van der Waals surface area contributed by atoms with Crippen LogP contribution in [-0.2, 0) is 7.05 Å². The molecule has 1 fully saturated rings. The Hall–Kier alpha value is -2.65. The van der Waals surface area contributed by atoms with Gasteiger partial charge < -0.3 is 4.57 Å². The zero-order chi connectivity index (χ0) is 23.7. The summed E-state index contributed by atoms with van der Waals surface area (Å²) >= 11 is 3.85. The van der Waals surface area contributed by atoms with E-state index in [1.807, 2.05) is 0 Å². The van der Waals surface area contributed by atoms with Crippen LogP contribution < -0.4 is 0 Å². The Bertz CT molecular complexity index is 1330. The zero-order valence-electron chi connectivity index (χ0n) is 20.5. The first-order valence-corrected chi connectivity index (χ1v) is 13.4. The molecule has 0 spiro atoms. The van der Waals surface area contributed by atoms with E-state index in [0.717, 1.165) is 11.0 Å². The number of para-hydroxylation sites is 1. The maximum absolute atomic E-state index is 3.85. The van der Waals surface area contributed by atoms with Gasteiger partial charge in [0.05, 0.1) is 0 Å². The SMILES string of the molecule is CC[N+](=C1C=CC(=C(c2ccccc2Br)c2c(C)n(C)c3ccccc23)C=C1)C1CCCCC1. The monoisotopic (exact) mass is 513 g/mol. The molecule has 174 valence electrons. The first kappa shape index (κ1) is 23.1. The number of hydrogen-bond acceptors (Lipinski definition) is 0. The number of hydrogen-bond donors (Lipinski definition) is 0. The van der Waals surface area contributed by atoms with Crippen molar-refractivity contribution in [2.45, 2.75) is 52.0 Å². The molecular weight excluding hydrogens is 480 g/mol. The molecule has 0 atom stereocenters. The Kier molecular flexibility index (Phi) is 6.74. The third kappa shape index (κ3) is 4.15. The Morgan fingerprint density at radius 3 is 2.32 bits per heavy atom. The Morgan fingerprint density at radius 1 is 0.941 bits per heavy atom. The molecule has 1 aromatic heterocycles. The fourth-order valence-corrected chi connectivity index (χ4v) is 6.28. The molecule has 3 aromatic rings. The molecule has 2 nitrogen and oxygen atoms in total. The fourth-order valence-electron chi connectivity index (χ4n) is 5.80. The van der Waals surface area contributed by atoms with Crippen LogP contribution in [0.4, 0.5) is 0 Å². The van der Waals surface area contributed by atoms with E-state index < -0.39 is 0 Å². The van der Waals surface area contributed by atoms with E-state index in [0.29, 0.717) is 6.04 Å². The van der Waals surface area contributed by atoms with Gasteiger partial charge in [0.2, 0.25) is 0 Å². The van der Waals surface area contributed by atoms with Crippen LogP contribution in [0, 0.1) is 6.92 Å². The van der Waals surface area contributed by atoms with Gasteiger partial charge in [0.1, 0.15) is 6.54 Å². The highest BCUT2D eigenvalue weighted by atomic mass is 79.9. The van der Waals surface area contributed by atoms with Crippen molar-refractivity contribution >= 4 is 38.1 Å². The van der Waals surface area contributed by atoms with Gasteiger partial charge in [-0.2, -0.15) is 0 Å². The summed E-state index contributed by atoms with van der Waals surface area (Å²) in [5.74, 6) is 0. The number of aromatic nitrogens is 1. The standard InChI is InChI=1S/C31H34BrN2/c1-4-34(24-12-6-5-7-13-24)25-20-18-23(19-21-25)31(26-14-8-10-16-28(26)32)30-22(2)33(3)29-17-11-9-15-27(29)30/h8-11,14-21,24H,4-7,12-13H2,1-3H3/q+1. The highest BCUT2D eigenvalue weighted by Gasteiger charge is 2.26. The summed E-state index contributed by atoms with van der Waals surface area (Å²) in [5, 5.41) is 1.30. The summed E-state index contributed by atoms with van der Waals surface area (Å²) in [6.07, 6.45) is 16.1. The van der Waals surface area contributed by atoms with Crippen molar-refractivity contribution in [1.82, 2.24) is 4.57 Å². The van der Waals surface area contributed by atoms with Crippen molar-refractivity contribution in [2.24, 2.45) is 7.05 Å². The average Bonchev–Trinajstić information content (AvgIpc) is 3.13. The van der Waals surface area contributed by atoms with Crippen molar-refractivity contribution in [3.05, 3.63) is 99.7 Å². The lowest BCUT2D eigenvalue weighted by atomic mass is 9.89.